The molecule has 0 bridgehead atoms. The maximum atomic E-state index is 12.1. The molecule has 1 saturated heterocycles. The van der Waals surface area contributed by atoms with Gasteiger partial charge in [0.1, 0.15) is 0 Å². The summed E-state index contributed by atoms with van der Waals surface area (Å²) >= 11 is 0. The van der Waals surface area contributed by atoms with E-state index in [0.29, 0.717) is 30.3 Å². The van der Waals surface area contributed by atoms with Gasteiger partial charge in [-0.05, 0) is 6.92 Å². The molecular weight excluding hydrogens is 234 g/mol. The van der Waals surface area contributed by atoms with Gasteiger partial charge in [-0.3, -0.25) is 4.79 Å². The second-order valence-corrected chi connectivity index (χ2v) is 4.39. The summed E-state index contributed by atoms with van der Waals surface area (Å²) in [5, 5.41) is 6.09. The van der Waals surface area contributed by atoms with Crippen LogP contribution in [0, 0.1) is 6.92 Å². The number of carbonyl (C=O) groups excluding carboxylic acids is 1. The quantitative estimate of drug-likeness (QED) is 0.805. The third-order valence-corrected chi connectivity index (χ3v) is 3.13. The van der Waals surface area contributed by atoms with Crippen LogP contribution in [0.3, 0.4) is 0 Å². The van der Waals surface area contributed by atoms with Gasteiger partial charge < -0.3 is 19.8 Å². The van der Waals surface area contributed by atoms with Crippen LogP contribution < -0.4 is 10.6 Å². The van der Waals surface area contributed by atoms with Crippen LogP contribution in [-0.2, 0) is 11.2 Å². The maximum Gasteiger partial charge on any atom is 0.289 e. The van der Waals surface area contributed by atoms with E-state index in [2.05, 4.69) is 15.6 Å². The van der Waals surface area contributed by atoms with Crippen molar-refractivity contribution >= 4 is 5.91 Å². The first-order chi connectivity index (χ1) is 8.65. The molecule has 1 aromatic heterocycles. The summed E-state index contributed by atoms with van der Waals surface area (Å²) < 4.78 is 10.7. The Labute approximate surface area is 106 Å². The van der Waals surface area contributed by atoms with Gasteiger partial charge >= 0.3 is 0 Å². The van der Waals surface area contributed by atoms with Crippen molar-refractivity contribution in [3.05, 3.63) is 17.3 Å². The molecule has 0 saturated carbocycles. The molecule has 6 nitrogen and oxygen atoms in total. The van der Waals surface area contributed by atoms with Gasteiger partial charge in [-0.25, -0.2) is 4.98 Å². The van der Waals surface area contributed by atoms with Gasteiger partial charge in [-0.15, -0.1) is 0 Å². The van der Waals surface area contributed by atoms with Crippen molar-refractivity contribution in [1.29, 1.82) is 0 Å². The molecule has 6 heteroatoms. The Kier molecular flexibility index (Phi) is 3.98. The van der Waals surface area contributed by atoms with Gasteiger partial charge in [-0.2, -0.15) is 0 Å². The molecule has 2 atom stereocenters. The molecule has 2 rings (SSSR count). The first kappa shape index (κ1) is 13.0. The van der Waals surface area contributed by atoms with Crippen LogP contribution in [0.5, 0.6) is 0 Å². The first-order valence-electron chi connectivity index (χ1n) is 6.16. The van der Waals surface area contributed by atoms with Crippen molar-refractivity contribution in [3.8, 4) is 0 Å². The fourth-order valence-electron chi connectivity index (χ4n) is 2.09. The minimum Gasteiger partial charge on any atom is -0.435 e. The number of rotatable bonds is 4. The lowest BCUT2D eigenvalue weighted by molar-refractivity contribution is 0.0758. The smallest absolute Gasteiger partial charge is 0.289 e. The summed E-state index contributed by atoms with van der Waals surface area (Å²) in [6, 6.07) is -0.0305. The van der Waals surface area contributed by atoms with Crippen molar-refractivity contribution in [2.24, 2.45) is 0 Å². The molecule has 0 radical (unpaired) electrons. The van der Waals surface area contributed by atoms with Gasteiger partial charge in [0.15, 0.2) is 5.89 Å². The van der Waals surface area contributed by atoms with Crippen LogP contribution in [0.2, 0.25) is 0 Å². The molecule has 18 heavy (non-hydrogen) atoms. The summed E-state index contributed by atoms with van der Waals surface area (Å²) in [7, 11) is 1.64. The fourth-order valence-corrected chi connectivity index (χ4v) is 2.09. The highest BCUT2D eigenvalue weighted by molar-refractivity contribution is 5.92. The number of ether oxygens (including phenoxy) is 1. The molecule has 1 aromatic rings. The highest BCUT2D eigenvalue weighted by Gasteiger charge is 2.30. The van der Waals surface area contributed by atoms with E-state index in [1.807, 2.05) is 6.92 Å². The van der Waals surface area contributed by atoms with Crippen LogP contribution in [0.25, 0.3) is 0 Å². The number of amides is 1. The Morgan fingerprint density at radius 3 is 3.00 bits per heavy atom. The Morgan fingerprint density at radius 1 is 1.61 bits per heavy atom. The van der Waals surface area contributed by atoms with Gasteiger partial charge in [0, 0.05) is 26.6 Å². The van der Waals surface area contributed by atoms with Crippen LogP contribution in [0.15, 0.2) is 4.42 Å². The summed E-state index contributed by atoms with van der Waals surface area (Å²) in [6.07, 6.45) is 0.683. The van der Waals surface area contributed by atoms with Crippen LogP contribution in [0.4, 0.5) is 0 Å². The minimum absolute atomic E-state index is 0.00261. The zero-order valence-corrected chi connectivity index (χ0v) is 10.9. The lowest BCUT2D eigenvalue weighted by Gasteiger charge is -2.17. The largest absolute Gasteiger partial charge is 0.435 e. The molecule has 2 N–H and O–H groups in total. The Bertz CT molecular complexity index is 430. The number of hydrogen-bond acceptors (Lipinski definition) is 5. The zero-order valence-electron chi connectivity index (χ0n) is 10.9. The maximum absolute atomic E-state index is 12.1. The van der Waals surface area contributed by atoms with Crippen LogP contribution in [-0.4, -0.2) is 43.2 Å². The fraction of sp³-hybridized carbons (Fsp3) is 0.667. The van der Waals surface area contributed by atoms with Crippen molar-refractivity contribution in [2.75, 3.05) is 20.2 Å². The molecule has 0 unspecified atom stereocenters. The molecule has 0 aliphatic carbocycles. The number of nitrogens with zero attached hydrogens (tertiary/aromatic N) is 1. The highest BCUT2D eigenvalue weighted by atomic mass is 16.5. The number of carbonyl (C=O) groups is 1. The third kappa shape index (κ3) is 2.54. The lowest BCUT2D eigenvalue weighted by Crippen LogP contribution is -2.43. The molecule has 1 amide bonds. The molecule has 100 valence electrons. The van der Waals surface area contributed by atoms with Crippen molar-refractivity contribution in [1.82, 2.24) is 15.6 Å². The number of aromatic nitrogens is 1. The highest BCUT2D eigenvalue weighted by Crippen LogP contribution is 2.12. The number of methoxy groups -OCH3 is 1. The summed E-state index contributed by atoms with van der Waals surface area (Å²) in [4.78, 5) is 16.3. The van der Waals surface area contributed by atoms with Crippen LogP contribution in [0.1, 0.15) is 29.1 Å². The van der Waals surface area contributed by atoms with Gasteiger partial charge in [0.25, 0.3) is 5.91 Å². The second kappa shape index (κ2) is 5.49. The topological polar surface area (TPSA) is 76.4 Å². The van der Waals surface area contributed by atoms with E-state index >= 15 is 0 Å². The summed E-state index contributed by atoms with van der Waals surface area (Å²) in [5.74, 6) is 0.662. The third-order valence-electron chi connectivity index (χ3n) is 3.13. The summed E-state index contributed by atoms with van der Waals surface area (Å²) in [6.45, 7) is 5.17. The molecule has 1 fully saturated rings. The molecular formula is C12H19N3O3. The van der Waals surface area contributed by atoms with Crippen molar-refractivity contribution < 1.29 is 13.9 Å². The van der Waals surface area contributed by atoms with Gasteiger partial charge in [0.05, 0.1) is 17.8 Å². The number of hydrogen-bond donors (Lipinski definition) is 2. The number of aryl methyl sites for hydroxylation is 2. The standard InChI is InChI=1S/C12H19N3O3/c1-4-10-14-7(2)11(18-10)12(16)15-8-5-13-6-9(8)17-3/h8-9,13H,4-6H2,1-3H3,(H,15,16)/t8-,9-/m0/s1. The first-order valence-corrected chi connectivity index (χ1v) is 6.16. The average molecular weight is 253 g/mol. The van der Waals surface area contributed by atoms with Gasteiger partial charge in [-0.1, -0.05) is 6.92 Å². The normalized spacial score (nSPS) is 23.3. The Morgan fingerprint density at radius 2 is 2.39 bits per heavy atom. The van der Waals surface area contributed by atoms with E-state index in [1.54, 1.807) is 14.0 Å². The van der Waals surface area contributed by atoms with E-state index in [4.69, 9.17) is 9.15 Å². The molecule has 1 aliphatic rings. The van der Waals surface area contributed by atoms with E-state index in [1.165, 1.54) is 0 Å². The number of nitrogens with one attached hydrogen (secondary N) is 2. The van der Waals surface area contributed by atoms with E-state index in [0.717, 1.165) is 6.54 Å². The zero-order chi connectivity index (χ0) is 13.1. The molecule has 1 aliphatic heterocycles. The number of oxazole rings is 1. The molecule has 2 heterocycles. The van der Waals surface area contributed by atoms with Gasteiger partial charge in [0.2, 0.25) is 5.76 Å². The molecule has 0 spiro atoms. The van der Waals surface area contributed by atoms with E-state index in [9.17, 15) is 4.79 Å². The SMILES string of the molecule is CCc1nc(C)c(C(=O)N[C@H]2CNC[C@@H]2OC)o1. The minimum atomic E-state index is -0.226. The lowest BCUT2D eigenvalue weighted by atomic mass is 10.2. The second-order valence-electron chi connectivity index (χ2n) is 4.39. The molecule has 0 aromatic carbocycles. The van der Waals surface area contributed by atoms with Crippen molar-refractivity contribution in [3.63, 3.8) is 0 Å². The van der Waals surface area contributed by atoms with E-state index in [-0.39, 0.29) is 18.1 Å². The Hall–Kier alpha value is -1.40. The van der Waals surface area contributed by atoms with Crippen molar-refractivity contribution in [2.45, 2.75) is 32.4 Å². The summed E-state index contributed by atoms with van der Waals surface area (Å²) in [5.41, 5.74) is 0.629. The van der Waals surface area contributed by atoms with Crippen LogP contribution >= 0.6 is 0 Å². The predicted octanol–water partition coefficient (Wildman–Crippen LogP) is 0.262. The van der Waals surface area contributed by atoms with E-state index < -0.39 is 0 Å². The predicted molar refractivity (Wildman–Crippen MR) is 65.5 cm³/mol. The monoisotopic (exact) mass is 253 g/mol. The average Bonchev–Trinajstić information content (AvgIpc) is 2.95. The Balaban J connectivity index is 2.05.